The van der Waals surface area contributed by atoms with Gasteiger partial charge < -0.3 is 29.5 Å². The Morgan fingerprint density at radius 3 is 2.60 bits per heavy atom. The molecular formula is C23H33N2O5+. The van der Waals surface area contributed by atoms with Crippen LogP contribution in [0.2, 0.25) is 0 Å². The van der Waals surface area contributed by atoms with E-state index in [1.807, 2.05) is 24.8 Å². The van der Waals surface area contributed by atoms with Gasteiger partial charge >= 0.3 is 0 Å². The molecule has 164 valence electrons. The van der Waals surface area contributed by atoms with E-state index in [1.54, 1.807) is 12.1 Å². The predicted octanol–water partition coefficient (Wildman–Crippen LogP) is 0.906. The minimum absolute atomic E-state index is 0.0282. The lowest BCUT2D eigenvalue weighted by Crippen LogP contribution is -3.15. The SMILES string of the molecule is CC1(C)Oc2ccc(/C=C/C(=O)N3CCCCC3)c(O)c2[C@@H]([NH+]2CCOCC2)[C@@H]1O. The highest BCUT2D eigenvalue weighted by Gasteiger charge is 2.49. The van der Waals surface area contributed by atoms with Gasteiger partial charge in [0.2, 0.25) is 5.91 Å². The van der Waals surface area contributed by atoms with E-state index in [9.17, 15) is 15.0 Å². The molecule has 3 aliphatic rings. The van der Waals surface area contributed by atoms with Gasteiger partial charge in [-0.05, 0) is 51.3 Å². The second-order valence-electron chi connectivity index (χ2n) is 9.03. The molecule has 0 unspecified atom stereocenters. The van der Waals surface area contributed by atoms with Crippen molar-refractivity contribution in [3.8, 4) is 11.5 Å². The standard InChI is InChI=1S/C23H32N2O5/c1-23(2)22(28)20(25-12-14-29-15-13-25)19-17(30-23)8-6-16(21(19)27)7-9-18(26)24-10-4-3-5-11-24/h6-9,20,22,27-28H,3-5,10-15H2,1-2H3/p+1/b9-7+/t20-,22+/m1/s1. The molecule has 0 aliphatic carbocycles. The smallest absolute Gasteiger partial charge is 0.246 e. The summed E-state index contributed by atoms with van der Waals surface area (Å²) in [4.78, 5) is 15.5. The number of benzene rings is 1. The zero-order chi connectivity index (χ0) is 21.3. The number of carbonyl (C=O) groups excluding carboxylic acids is 1. The molecule has 2 saturated heterocycles. The zero-order valence-corrected chi connectivity index (χ0v) is 17.9. The number of hydrogen-bond acceptors (Lipinski definition) is 5. The van der Waals surface area contributed by atoms with Crippen LogP contribution in [0.1, 0.15) is 50.3 Å². The maximum Gasteiger partial charge on any atom is 0.246 e. The Kier molecular flexibility index (Phi) is 6.04. The number of quaternary nitrogens is 1. The Balaban J connectivity index is 1.65. The second-order valence-corrected chi connectivity index (χ2v) is 9.03. The molecule has 7 nitrogen and oxygen atoms in total. The van der Waals surface area contributed by atoms with Gasteiger partial charge in [-0.3, -0.25) is 4.79 Å². The van der Waals surface area contributed by atoms with E-state index >= 15 is 0 Å². The Hall–Kier alpha value is -2.09. The topological polar surface area (TPSA) is 83.7 Å². The number of phenols is 1. The molecule has 3 N–H and O–H groups in total. The highest BCUT2D eigenvalue weighted by molar-refractivity contribution is 5.92. The average Bonchev–Trinajstić information content (AvgIpc) is 2.75. The number of rotatable bonds is 3. The molecule has 2 atom stereocenters. The first kappa shape index (κ1) is 21.2. The molecule has 0 aromatic heterocycles. The maximum absolute atomic E-state index is 12.5. The number of carbonyl (C=O) groups is 1. The van der Waals surface area contributed by atoms with Gasteiger partial charge in [-0.1, -0.05) is 0 Å². The third kappa shape index (κ3) is 4.06. The van der Waals surface area contributed by atoms with Gasteiger partial charge in [0.25, 0.3) is 0 Å². The molecule has 2 fully saturated rings. The van der Waals surface area contributed by atoms with Crippen LogP contribution in [0.25, 0.3) is 6.08 Å². The third-order valence-corrected chi connectivity index (χ3v) is 6.57. The number of aliphatic hydroxyl groups is 1. The summed E-state index contributed by atoms with van der Waals surface area (Å²) in [5.41, 5.74) is 0.412. The Morgan fingerprint density at radius 1 is 1.20 bits per heavy atom. The van der Waals surface area contributed by atoms with E-state index in [-0.39, 0.29) is 17.7 Å². The van der Waals surface area contributed by atoms with Gasteiger partial charge in [-0.15, -0.1) is 0 Å². The Labute approximate surface area is 177 Å². The van der Waals surface area contributed by atoms with E-state index in [0.29, 0.717) is 30.1 Å². The molecule has 3 aliphatic heterocycles. The summed E-state index contributed by atoms with van der Waals surface area (Å²) in [5.74, 6) is 0.639. The Bertz CT molecular complexity index is 810. The van der Waals surface area contributed by atoms with Gasteiger partial charge in [-0.25, -0.2) is 0 Å². The summed E-state index contributed by atoms with van der Waals surface area (Å²) in [6.07, 6.45) is 5.68. The predicted molar refractivity (Wildman–Crippen MR) is 113 cm³/mol. The summed E-state index contributed by atoms with van der Waals surface area (Å²) in [6.45, 7) is 8.08. The fourth-order valence-corrected chi connectivity index (χ4v) is 4.79. The molecule has 7 heteroatoms. The van der Waals surface area contributed by atoms with Crippen molar-refractivity contribution in [1.82, 2.24) is 4.90 Å². The number of piperidine rings is 1. The molecule has 0 saturated carbocycles. The van der Waals surface area contributed by atoms with Crippen LogP contribution in [0, 0.1) is 0 Å². The number of phenolic OH excluding ortho intramolecular Hbond substituents is 1. The fraction of sp³-hybridized carbons (Fsp3) is 0.609. The number of morpholine rings is 1. The van der Waals surface area contributed by atoms with Crippen molar-refractivity contribution in [3.05, 3.63) is 29.3 Å². The second kappa shape index (κ2) is 8.57. The number of nitrogens with one attached hydrogen (secondary N) is 1. The highest BCUT2D eigenvalue weighted by Crippen LogP contribution is 2.44. The first-order valence-corrected chi connectivity index (χ1v) is 11.0. The van der Waals surface area contributed by atoms with Crippen molar-refractivity contribution in [2.75, 3.05) is 39.4 Å². The summed E-state index contributed by atoms with van der Waals surface area (Å²) < 4.78 is 11.5. The van der Waals surface area contributed by atoms with Crippen molar-refractivity contribution in [3.63, 3.8) is 0 Å². The summed E-state index contributed by atoms with van der Waals surface area (Å²) in [6, 6.07) is 3.28. The lowest BCUT2D eigenvalue weighted by Gasteiger charge is -2.45. The van der Waals surface area contributed by atoms with E-state index in [1.165, 1.54) is 17.4 Å². The largest absolute Gasteiger partial charge is 0.507 e. The Morgan fingerprint density at radius 2 is 1.90 bits per heavy atom. The van der Waals surface area contributed by atoms with Gasteiger partial charge in [0.05, 0.1) is 18.8 Å². The minimum Gasteiger partial charge on any atom is -0.507 e. The molecule has 30 heavy (non-hydrogen) atoms. The van der Waals surface area contributed by atoms with E-state index in [2.05, 4.69) is 0 Å². The summed E-state index contributed by atoms with van der Waals surface area (Å²) in [7, 11) is 0. The zero-order valence-electron chi connectivity index (χ0n) is 17.9. The monoisotopic (exact) mass is 417 g/mol. The molecule has 0 spiro atoms. The lowest BCUT2D eigenvalue weighted by molar-refractivity contribution is -0.944. The van der Waals surface area contributed by atoms with Crippen LogP contribution in [-0.2, 0) is 9.53 Å². The van der Waals surface area contributed by atoms with Crippen LogP contribution in [0.15, 0.2) is 18.2 Å². The molecule has 1 aromatic carbocycles. The van der Waals surface area contributed by atoms with Crippen LogP contribution in [-0.4, -0.2) is 72.1 Å². The maximum atomic E-state index is 12.5. The van der Waals surface area contributed by atoms with Crippen LogP contribution in [0.5, 0.6) is 11.5 Å². The van der Waals surface area contributed by atoms with Crippen LogP contribution in [0.4, 0.5) is 0 Å². The van der Waals surface area contributed by atoms with Crippen molar-refractivity contribution < 1.29 is 29.4 Å². The number of hydrogen-bond donors (Lipinski definition) is 3. The van der Waals surface area contributed by atoms with Gasteiger partial charge in [0, 0.05) is 24.7 Å². The summed E-state index contributed by atoms with van der Waals surface area (Å²) >= 11 is 0. The number of fused-ring (bicyclic) bond motifs is 1. The fourth-order valence-electron chi connectivity index (χ4n) is 4.79. The quantitative estimate of drug-likeness (QED) is 0.637. The number of aliphatic hydroxyl groups excluding tert-OH is 1. The van der Waals surface area contributed by atoms with Crippen molar-refractivity contribution in [1.29, 1.82) is 0 Å². The average molecular weight is 418 g/mol. The van der Waals surface area contributed by atoms with Crippen molar-refractivity contribution in [2.45, 2.75) is 50.9 Å². The molecule has 4 rings (SSSR count). The minimum atomic E-state index is -0.779. The number of likely N-dealkylation sites (tertiary alicyclic amines) is 1. The first-order chi connectivity index (χ1) is 14.4. The van der Waals surface area contributed by atoms with Crippen LogP contribution in [0.3, 0.4) is 0 Å². The number of amides is 1. The highest BCUT2D eigenvalue weighted by atomic mass is 16.5. The number of nitrogens with zero attached hydrogens (tertiary/aromatic N) is 1. The van der Waals surface area contributed by atoms with Gasteiger partial charge in [0.1, 0.15) is 36.3 Å². The molecule has 0 radical (unpaired) electrons. The molecule has 1 aromatic rings. The van der Waals surface area contributed by atoms with Crippen LogP contribution >= 0.6 is 0 Å². The third-order valence-electron chi connectivity index (χ3n) is 6.57. The molecule has 0 bridgehead atoms. The van der Waals surface area contributed by atoms with Crippen molar-refractivity contribution in [2.24, 2.45) is 0 Å². The van der Waals surface area contributed by atoms with E-state index < -0.39 is 11.7 Å². The van der Waals surface area contributed by atoms with Crippen LogP contribution < -0.4 is 9.64 Å². The number of ether oxygens (including phenoxy) is 2. The normalized spacial score (nSPS) is 27.0. The van der Waals surface area contributed by atoms with E-state index in [0.717, 1.165) is 39.0 Å². The lowest BCUT2D eigenvalue weighted by atomic mass is 9.84. The van der Waals surface area contributed by atoms with Gasteiger partial charge in [0.15, 0.2) is 6.04 Å². The number of aromatic hydroxyl groups is 1. The molecule has 1 amide bonds. The van der Waals surface area contributed by atoms with Crippen molar-refractivity contribution >= 4 is 12.0 Å². The molecule has 3 heterocycles. The first-order valence-electron chi connectivity index (χ1n) is 11.0. The molecular weight excluding hydrogens is 384 g/mol. The van der Waals surface area contributed by atoms with Gasteiger partial charge in [-0.2, -0.15) is 0 Å². The summed E-state index contributed by atoms with van der Waals surface area (Å²) in [5, 5.41) is 22.3. The van der Waals surface area contributed by atoms with E-state index in [4.69, 9.17) is 9.47 Å².